The van der Waals surface area contributed by atoms with Crippen LogP contribution in [0.15, 0.2) is 29.6 Å². The van der Waals surface area contributed by atoms with Crippen LogP contribution in [-0.2, 0) is 9.53 Å². The zero-order chi connectivity index (χ0) is 13.2. The standard InChI is InChI=1S/C14H16N2O2S/c1-15-12-8-18-7-11(12)14(17)16-10-2-3-13-9(6-10)4-5-19-13/h2-6,11-12,15H,7-8H2,1H3,(H,16,17). The molecule has 1 amide bonds. The largest absolute Gasteiger partial charge is 0.379 e. The molecule has 2 heterocycles. The highest BCUT2D eigenvalue weighted by molar-refractivity contribution is 7.17. The fourth-order valence-corrected chi connectivity index (χ4v) is 3.15. The first-order valence-electron chi connectivity index (χ1n) is 6.31. The second kappa shape index (κ2) is 5.28. The predicted octanol–water partition coefficient (Wildman–Crippen LogP) is 2.07. The van der Waals surface area contributed by atoms with Gasteiger partial charge >= 0.3 is 0 Å². The molecule has 1 fully saturated rings. The van der Waals surface area contributed by atoms with E-state index in [1.165, 1.54) is 4.70 Å². The van der Waals surface area contributed by atoms with Crippen molar-refractivity contribution in [2.75, 3.05) is 25.6 Å². The summed E-state index contributed by atoms with van der Waals surface area (Å²) in [6, 6.07) is 8.15. The first kappa shape index (κ1) is 12.6. The Kier molecular flexibility index (Phi) is 3.50. The molecule has 2 atom stereocenters. The van der Waals surface area contributed by atoms with Gasteiger partial charge in [0.25, 0.3) is 0 Å². The molecule has 0 aliphatic carbocycles. The normalized spacial score (nSPS) is 22.8. The van der Waals surface area contributed by atoms with E-state index in [9.17, 15) is 4.79 Å². The molecule has 0 saturated carbocycles. The Morgan fingerprint density at radius 2 is 2.26 bits per heavy atom. The molecule has 0 radical (unpaired) electrons. The molecule has 0 spiro atoms. The van der Waals surface area contributed by atoms with Crippen molar-refractivity contribution in [1.82, 2.24) is 5.32 Å². The fourth-order valence-electron chi connectivity index (χ4n) is 2.38. The molecule has 1 saturated heterocycles. The van der Waals surface area contributed by atoms with Crippen LogP contribution in [0, 0.1) is 5.92 Å². The van der Waals surface area contributed by atoms with Crippen molar-refractivity contribution in [3.8, 4) is 0 Å². The Labute approximate surface area is 115 Å². The molecule has 0 bridgehead atoms. The molecule has 1 aliphatic heterocycles. The Bertz CT molecular complexity index is 596. The minimum Gasteiger partial charge on any atom is -0.379 e. The smallest absolute Gasteiger partial charge is 0.231 e. The molecule has 3 rings (SSSR count). The van der Waals surface area contributed by atoms with Crippen molar-refractivity contribution in [3.63, 3.8) is 0 Å². The number of rotatable bonds is 3. The van der Waals surface area contributed by atoms with E-state index in [1.54, 1.807) is 11.3 Å². The average Bonchev–Trinajstić information content (AvgIpc) is 3.06. The van der Waals surface area contributed by atoms with Gasteiger partial charge in [0.1, 0.15) is 0 Å². The summed E-state index contributed by atoms with van der Waals surface area (Å²) in [5, 5.41) is 9.31. The van der Waals surface area contributed by atoms with Crippen molar-refractivity contribution in [3.05, 3.63) is 29.6 Å². The number of carbonyl (C=O) groups is 1. The molecular weight excluding hydrogens is 260 g/mol. The number of fused-ring (bicyclic) bond motifs is 1. The maximum atomic E-state index is 12.2. The molecule has 1 aromatic heterocycles. The summed E-state index contributed by atoms with van der Waals surface area (Å²) in [6.45, 7) is 1.08. The number of carbonyl (C=O) groups excluding carboxylic acids is 1. The van der Waals surface area contributed by atoms with E-state index >= 15 is 0 Å². The van der Waals surface area contributed by atoms with Crippen LogP contribution in [0.5, 0.6) is 0 Å². The number of nitrogens with one attached hydrogen (secondary N) is 2. The highest BCUT2D eigenvalue weighted by Gasteiger charge is 2.32. The summed E-state index contributed by atoms with van der Waals surface area (Å²) in [5.41, 5.74) is 0.845. The van der Waals surface area contributed by atoms with Gasteiger partial charge in [-0.25, -0.2) is 0 Å². The van der Waals surface area contributed by atoms with E-state index < -0.39 is 0 Å². The zero-order valence-corrected chi connectivity index (χ0v) is 11.5. The Morgan fingerprint density at radius 3 is 3.11 bits per heavy atom. The van der Waals surface area contributed by atoms with E-state index in [0.29, 0.717) is 13.2 Å². The maximum Gasteiger partial charge on any atom is 0.231 e. The van der Waals surface area contributed by atoms with Crippen LogP contribution in [0.3, 0.4) is 0 Å². The van der Waals surface area contributed by atoms with Gasteiger partial charge in [0.15, 0.2) is 0 Å². The molecule has 100 valence electrons. The number of likely N-dealkylation sites (N-methyl/N-ethyl adjacent to an activating group) is 1. The molecule has 5 heteroatoms. The van der Waals surface area contributed by atoms with Crippen LogP contribution in [0.2, 0.25) is 0 Å². The lowest BCUT2D eigenvalue weighted by molar-refractivity contribution is -0.120. The SMILES string of the molecule is CNC1COCC1C(=O)Nc1ccc2sccc2c1. The van der Waals surface area contributed by atoms with E-state index in [1.807, 2.05) is 25.2 Å². The van der Waals surface area contributed by atoms with Crippen molar-refractivity contribution in [2.24, 2.45) is 5.92 Å². The molecule has 2 N–H and O–H groups in total. The molecule has 2 unspecified atom stereocenters. The quantitative estimate of drug-likeness (QED) is 0.902. The third-order valence-corrected chi connectivity index (χ3v) is 4.41. The highest BCUT2D eigenvalue weighted by atomic mass is 32.1. The van der Waals surface area contributed by atoms with Crippen molar-refractivity contribution < 1.29 is 9.53 Å². The van der Waals surface area contributed by atoms with Gasteiger partial charge in [0, 0.05) is 16.4 Å². The number of hydrogen-bond acceptors (Lipinski definition) is 4. The first-order chi connectivity index (χ1) is 9.28. The minimum atomic E-state index is -0.122. The predicted molar refractivity (Wildman–Crippen MR) is 77.6 cm³/mol. The third kappa shape index (κ3) is 2.49. The summed E-state index contributed by atoms with van der Waals surface area (Å²) in [4.78, 5) is 12.2. The number of hydrogen-bond donors (Lipinski definition) is 2. The fraction of sp³-hybridized carbons (Fsp3) is 0.357. The monoisotopic (exact) mass is 276 g/mol. The minimum absolute atomic E-state index is 0.0198. The van der Waals surface area contributed by atoms with Gasteiger partial charge in [-0.2, -0.15) is 0 Å². The number of thiophene rings is 1. The van der Waals surface area contributed by atoms with Gasteiger partial charge in [0.05, 0.1) is 19.1 Å². The van der Waals surface area contributed by atoms with Gasteiger partial charge in [-0.15, -0.1) is 11.3 Å². The first-order valence-corrected chi connectivity index (χ1v) is 7.19. The Hall–Kier alpha value is -1.43. The Morgan fingerprint density at radius 1 is 1.37 bits per heavy atom. The van der Waals surface area contributed by atoms with Crippen molar-refractivity contribution >= 4 is 33.0 Å². The maximum absolute atomic E-state index is 12.2. The summed E-state index contributed by atoms with van der Waals surface area (Å²) >= 11 is 1.70. The number of benzene rings is 1. The summed E-state index contributed by atoms with van der Waals surface area (Å²) < 4.78 is 6.59. The molecule has 1 aromatic carbocycles. The van der Waals surface area contributed by atoms with Crippen LogP contribution < -0.4 is 10.6 Å². The lowest BCUT2D eigenvalue weighted by Gasteiger charge is -2.16. The topological polar surface area (TPSA) is 50.4 Å². The van der Waals surface area contributed by atoms with Crippen LogP contribution in [0.1, 0.15) is 0 Å². The Balaban J connectivity index is 1.74. The van der Waals surface area contributed by atoms with E-state index in [0.717, 1.165) is 11.1 Å². The van der Waals surface area contributed by atoms with Crippen LogP contribution in [0.25, 0.3) is 10.1 Å². The highest BCUT2D eigenvalue weighted by Crippen LogP contribution is 2.25. The van der Waals surface area contributed by atoms with E-state index in [4.69, 9.17) is 4.74 Å². The van der Waals surface area contributed by atoms with Gasteiger partial charge in [-0.05, 0) is 42.1 Å². The molecule has 19 heavy (non-hydrogen) atoms. The van der Waals surface area contributed by atoms with Crippen molar-refractivity contribution in [1.29, 1.82) is 0 Å². The van der Waals surface area contributed by atoms with E-state index in [-0.39, 0.29) is 17.9 Å². The van der Waals surface area contributed by atoms with Crippen molar-refractivity contribution in [2.45, 2.75) is 6.04 Å². The molecule has 1 aliphatic rings. The molecule has 2 aromatic rings. The molecule has 4 nitrogen and oxygen atoms in total. The van der Waals surface area contributed by atoms with E-state index in [2.05, 4.69) is 22.1 Å². The summed E-state index contributed by atoms with van der Waals surface area (Å²) in [7, 11) is 1.86. The van der Waals surface area contributed by atoms with Crippen LogP contribution in [0.4, 0.5) is 5.69 Å². The van der Waals surface area contributed by atoms with Crippen LogP contribution >= 0.6 is 11.3 Å². The second-order valence-corrected chi connectivity index (χ2v) is 5.65. The summed E-state index contributed by atoms with van der Waals surface area (Å²) in [5.74, 6) is -0.102. The molecular formula is C14H16N2O2S. The zero-order valence-electron chi connectivity index (χ0n) is 10.7. The summed E-state index contributed by atoms with van der Waals surface area (Å²) in [6.07, 6.45) is 0. The van der Waals surface area contributed by atoms with Gasteiger partial charge in [-0.3, -0.25) is 4.79 Å². The lowest BCUT2D eigenvalue weighted by Crippen LogP contribution is -2.39. The number of amides is 1. The number of anilines is 1. The van der Waals surface area contributed by atoms with Gasteiger partial charge < -0.3 is 15.4 Å². The average molecular weight is 276 g/mol. The number of ether oxygens (including phenoxy) is 1. The second-order valence-electron chi connectivity index (χ2n) is 4.70. The third-order valence-electron chi connectivity index (χ3n) is 3.51. The van der Waals surface area contributed by atoms with Crippen LogP contribution in [-0.4, -0.2) is 32.2 Å². The lowest BCUT2D eigenvalue weighted by atomic mass is 10.0. The van der Waals surface area contributed by atoms with Gasteiger partial charge in [-0.1, -0.05) is 0 Å². The van der Waals surface area contributed by atoms with Gasteiger partial charge in [0.2, 0.25) is 5.91 Å².